The molecule has 0 amide bonds. The molecular formula is C24H34BrNO4S2. The second kappa shape index (κ2) is 14.7. The summed E-state index contributed by atoms with van der Waals surface area (Å²) in [7, 11) is -3.94. The summed E-state index contributed by atoms with van der Waals surface area (Å²) in [6.07, 6.45) is 10.7. The van der Waals surface area contributed by atoms with Gasteiger partial charge in [0.05, 0.1) is 4.90 Å². The van der Waals surface area contributed by atoms with Crippen LogP contribution in [0.4, 0.5) is 0 Å². The average Bonchev–Trinajstić information content (AvgIpc) is 2.70. The van der Waals surface area contributed by atoms with E-state index in [-0.39, 0.29) is 10.6 Å². The van der Waals surface area contributed by atoms with Gasteiger partial charge in [0.2, 0.25) is 10.0 Å². The van der Waals surface area contributed by atoms with E-state index in [9.17, 15) is 18.3 Å². The van der Waals surface area contributed by atoms with Crippen LogP contribution in [0.1, 0.15) is 53.4 Å². The van der Waals surface area contributed by atoms with Crippen LogP contribution in [0.5, 0.6) is 0 Å². The van der Waals surface area contributed by atoms with E-state index in [4.69, 9.17) is 0 Å². The fourth-order valence-electron chi connectivity index (χ4n) is 2.80. The number of thioether (sulfide) groups is 1. The Morgan fingerprint density at radius 2 is 1.66 bits per heavy atom. The third-order valence-corrected chi connectivity index (χ3v) is 8.13. The number of halogens is 1. The minimum Gasteiger partial charge on any atom is -0.480 e. The summed E-state index contributed by atoms with van der Waals surface area (Å²) in [5.74, 6) is -0.413. The molecule has 0 aliphatic heterocycles. The Bertz CT molecular complexity index is 949. The predicted molar refractivity (Wildman–Crippen MR) is 139 cm³/mol. The number of carboxylic acid groups (broad SMARTS) is 1. The quantitative estimate of drug-likeness (QED) is 0.211. The summed E-state index contributed by atoms with van der Waals surface area (Å²) in [5.41, 5.74) is 3.98. The van der Waals surface area contributed by atoms with Crippen LogP contribution >= 0.6 is 27.7 Å². The van der Waals surface area contributed by atoms with E-state index < -0.39 is 22.0 Å². The van der Waals surface area contributed by atoms with Crippen molar-refractivity contribution in [2.45, 2.75) is 64.3 Å². The molecule has 0 unspecified atom stereocenters. The van der Waals surface area contributed by atoms with Crippen molar-refractivity contribution in [2.24, 2.45) is 0 Å². The zero-order valence-electron chi connectivity index (χ0n) is 19.2. The first kappa shape index (κ1) is 28.7. The summed E-state index contributed by atoms with van der Waals surface area (Å²) < 4.78 is 27.8. The van der Waals surface area contributed by atoms with Gasteiger partial charge in [0.25, 0.3) is 0 Å². The second-order valence-electron chi connectivity index (χ2n) is 7.94. The summed E-state index contributed by atoms with van der Waals surface area (Å²) >= 11 is 4.59. The van der Waals surface area contributed by atoms with Gasteiger partial charge in [0.1, 0.15) is 6.04 Å². The van der Waals surface area contributed by atoms with Gasteiger partial charge in [-0.05, 0) is 81.4 Å². The van der Waals surface area contributed by atoms with Gasteiger partial charge in [-0.3, -0.25) is 4.79 Å². The van der Waals surface area contributed by atoms with Crippen LogP contribution < -0.4 is 4.72 Å². The minimum atomic E-state index is -3.94. The molecule has 0 saturated carbocycles. The van der Waals surface area contributed by atoms with Gasteiger partial charge in [-0.15, -0.1) is 0 Å². The number of carboxylic acids is 1. The molecule has 0 bridgehead atoms. The van der Waals surface area contributed by atoms with Crippen LogP contribution in [0.3, 0.4) is 0 Å². The van der Waals surface area contributed by atoms with Gasteiger partial charge in [0, 0.05) is 16.0 Å². The average molecular weight is 545 g/mol. The molecule has 5 nitrogen and oxygen atoms in total. The fourth-order valence-corrected chi connectivity index (χ4v) is 6.09. The Hall–Kier alpha value is -1.35. The Balaban J connectivity index is 2.50. The number of nitrogens with one attached hydrogen (secondary N) is 1. The Morgan fingerprint density at radius 1 is 1.06 bits per heavy atom. The first-order valence-corrected chi connectivity index (χ1v) is 14.0. The molecule has 0 spiro atoms. The molecule has 0 radical (unpaired) electrons. The van der Waals surface area contributed by atoms with Gasteiger partial charge < -0.3 is 5.11 Å². The summed E-state index contributed by atoms with van der Waals surface area (Å²) in [5, 5.41) is 9.44. The van der Waals surface area contributed by atoms with Crippen molar-refractivity contribution in [1.82, 2.24) is 4.72 Å². The number of sulfonamides is 1. The number of allylic oxidation sites excluding steroid dienone is 5. The van der Waals surface area contributed by atoms with Crippen LogP contribution in [-0.4, -0.2) is 37.0 Å². The Labute approximate surface area is 205 Å². The molecule has 8 heteroatoms. The molecule has 0 aliphatic rings. The third-order valence-electron chi connectivity index (χ3n) is 4.68. The number of benzene rings is 1. The van der Waals surface area contributed by atoms with E-state index in [2.05, 4.69) is 66.6 Å². The van der Waals surface area contributed by atoms with Crippen LogP contribution in [0.25, 0.3) is 0 Å². The van der Waals surface area contributed by atoms with E-state index in [1.165, 1.54) is 34.5 Å². The highest BCUT2D eigenvalue weighted by Crippen LogP contribution is 2.21. The van der Waals surface area contributed by atoms with Crippen molar-refractivity contribution in [3.63, 3.8) is 0 Å². The number of aliphatic carboxylic acids is 1. The summed E-state index contributed by atoms with van der Waals surface area (Å²) in [6, 6.07) is 5.13. The number of carbonyl (C=O) groups is 1. The normalized spacial score (nSPS) is 13.7. The zero-order valence-corrected chi connectivity index (χ0v) is 22.4. The fraction of sp³-hybridized carbons (Fsp3) is 0.458. The first-order valence-electron chi connectivity index (χ1n) is 10.5. The Kier molecular flexibility index (Phi) is 13.2. The standard InChI is InChI=1S/C24H34BrNO4S2/c1-18(2)9-7-10-19(3)11-8-12-20(4)15-16-31-17-22(24(27)28)26-32(29,30)23-14-6-5-13-21(23)25/h5-6,9,11,13-15,22,26H,7-8,10,12,16-17H2,1-4H3,(H,27,28)/b19-11+,20-15+/t22-/m0/s1. The molecular weight excluding hydrogens is 510 g/mol. The molecule has 2 N–H and O–H groups in total. The van der Waals surface area contributed by atoms with Gasteiger partial charge in [-0.2, -0.15) is 16.5 Å². The molecule has 0 aliphatic carbocycles. The minimum absolute atomic E-state index is 0.0242. The van der Waals surface area contributed by atoms with Crippen molar-refractivity contribution in [3.8, 4) is 0 Å². The second-order valence-corrected chi connectivity index (χ2v) is 11.6. The molecule has 0 aromatic heterocycles. The predicted octanol–water partition coefficient (Wildman–Crippen LogP) is 6.33. The maximum Gasteiger partial charge on any atom is 0.322 e. The first-order chi connectivity index (χ1) is 15.0. The topological polar surface area (TPSA) is 83.5 Å². The highest BCUT2D eigenvalue weighted by Gasteiger charge is 2.26. The van der Waals surface area contributed by atoms with Crippen molar-refractivity contribution in [3.05, 3.63) is 63.7 Å². The van der Waals surface area contributed by atoms with E-state index in [1.807, 2.05) is 0 Å². The summed E-state index contributed by atoms with van der Waals surface area (Å²) in [6.45, 7) is 8.45. The Morgan fingerprint density at radius 3 is 2.25 bits per heavy atom. The maximum atomic E-state index is 12.5. The lowest BCUT2D eigenvalue weighted by molar-refractivity contribution is -0.138. The molecule has 0 fully saturated rings. The SMILES string of the molecule is CC(C)=CCC/C(C)=C/CC/C(C)=C/CSC[C@H](NS(=O)(=O)c1ccccc1Br)C(=O)O. The number of rotatable bonds is 14. The smallest absolute Gasteiger partial charge is 0.322 e. The lowest BCUT2D eigenvalue weighted by Gasteiger charge is -2.15. The number of hydrogen-bond donors (Lipinski definition) is 2. The monoisotopic (exact) mass is 543 g/mol. The van der Waals surface area contributed by atoms with Gasteiger partial charge in [-0.1, -0.05) is 47.1 Å². The lowest BCUT2D eigenvalue weighted by Crippen LogP contribution is -2.42. The van der Waals surface area contributed by atoms with Crippen LogP contribution in [0.2, 0.25) is 0 Å². The highest BCUT2D eigenvalue weighted by molar-refractivity contribution is 9.10. The van der Waals surface area contributed by atoms with Crippen molar-refractivity contribution in [2.75, 3.05) is 11.5 Å². The molecule has 1 atom stereocenters. The summed E-state index contributed by atoms with van der Waals surface area (Å²) in [4.78, 5) is 11.6. The lowest BCUT2D eigenvalue weighted by atomic mass is 10.1. The molecule has 1 rings (SSSR count). The van der Waals surface area contributed by atoms with E-state index >= 15 is 0 Å². The molecule has 32 heavy (non-hydrogen) atoms. The van der Waals surface area contributed by atoms with E-state index in [0.29, 0.717) is 10.2 Å². The van der Waals surface area contributed by atoms with Gasteiger partial charge >= 0.3 is 5.97 Å². The molecule has 1 aromatic carbocycles. The maximum absolute atomic E-state index is 12.5. The van der Waals surface area contributed by atoms with Crippen LogP contribution in [-0.2, 0) is 14.8 Å². The molecule has 178 valence electrons. The third kappa shape index (κ3) is 11.5. The zero-order chi connectivity index (χ0) is 24.1. The van der Waals surface area contributed by atoms with Crippen molar-refractivity contribution >= 4 is 43.7 Å². The number of hydrogen-bond acceptors (Lipinski definition) is 4. The highest BCUT2D eigenvalue weighted by atomic mass is 79.9. The van der Waals surface area contributed by atoms with Crippen molar-refractivity contribution in [1.29, 1.82) is 0 Å². The van der Waals surface area contributed by atoms with Crippen LogP contribution in [0.15, 0.2) is 68.6 Å². The van der Waals surface area contributed by atoms with E-state index in [1.54, 1.807) is 18.2 Å². The molecule has 0 heterocycles. The van der Waals surface area contributed by atoms with Crippen LogP contribution in [0, 0.1) is 0 Å². The van der Waals surface area contributed by atoms with E-state index in [0.717, 1.165) is 25.7 Å². The van der Waals surface area contributed by atoms with Gasteiger partial charge in [0.15, 0.2) is 0 Å². The molecule has 0 saturated heterocycles. The molecule has 1 aromatic rings. The largest absolute Gasteiger partial charge is 0.480 e. The van der Waals surface area contributed by atoms with Crippen molar-refractivity contribution < 1.29 is 18.3 Å². The van der Waals surface area contributed by atoms with Gasteiger partial charge in [-0.25, -0.2) is 8.42 Å².